The molecule has 0 aromatic carbocycles. The summed E-state index contributed by atoms with van der Waals surface area (Å²) in [6.07, 6.45) is 1.06. The van der Waals surface area contributed by atoms with Crippen molar-refractivity contribution in [2.75, 3.05) is 7.05 Å². The van der Waals surface area contributed by atoms with Crippen LogP contribution in [0.5, 0.6) is 0 Å². The predicted molar refractivity (Wildman–Crippen MR) is 43.3 cm³/mol. The third-order valence-electron chi connectivity index (χ3n) is 1.69. The summed E-state index contributed by atoms with van der Waals surface area (Å²) in [7, 11) is 1.46. The molecule has 0 bridgehead atoms. The van der Waals surface area contributed by atoms with E-state index in [-0.39, 0.29) is 77.9 Å². The number of rotatable bonds is 4. The zero-order valence-corrected chi connectivity index (χ0v) is 14.0. The van der Waals surface area contributed by atoms with Gasteiger partial charge in [-0.2, -0.15) is 0 Å². The largest absolute Gasteiger partial charge is 0.656 e. The smallest absolute Gasteiger partial charge is 0.120 e. The van der Waals surface area contributed by atoms with E-state index in [0.717, 1.165) is 6.29 Å². The summed E-state index contributed by atoms with van der Waals surface area (Å²) < 4.78 is 0. The van der Waals surface area contributed by atoms with Gasteiger partial charge in [0.1, 0.15) is 6.29 Å². The molecule has 13 heavy (non-hydrogen) atoms. The zero-order valence-electron chi connectivity index (χ0n) is 8.19. The molecule has 0 N–H and O–H groups in total. The summed E-state index contributed by atoms with van der Waals surface area (Å²) in [5.74, 6) is -0.207. The number of hydrogen-bond acceptors (Lipinski definition) is 2. The first kappa shape index (κ1) is 19.5. The summed E-state index contributed by atoms with van der Waals surface area (Å²) in [5.41, 5.74) is 0. The van der Waals surface area contributed by atoms with Crippen LogP contribution in [-0.2, 0) is 63.4 Å². The van der Waals surface area contributed by atoms with E-state index in [1.54, 1.807) is 0 Å². The van der Waals surface area contributed by atoms with E-state index < -0.39 is 0 Å². The van der Waals surface area contributed by atoms with Gasteiger partial charge in [0.15, 0.2) is 0 Å². The quantitative estimate of drug-likeness (QED) is 0.635. The van der Waals surface area contributed by atoms with Gasteiger partial charge >= 0.3 is 0 Å². The van der Waals surface area contributed by atoms with Crippen molar-refractivity contribution in [3.05, 3.63) is 5.32 Å². The SMILES string of the molecule is C[N-]C(=O)C(CC=O)C(C)C.[W].[Y]. The maximum atomic E-state index is 11.0. The minimum Gasteiger partial charge on any atom is -0.656 e. The van der Waals surface area contributed by atoms with Crippen molar-refractivity contribution < 1.29 is 63.4 Å². The Labute approximate surface area is 119 Å². The average molecular weight is 429 g/mol. The van der Waals surface area contributed by atoms with Gasteiger partial charge in [-0.05, 0) is 5.92 Å². The Morgan fingerprint density at radius 3 is 2.15 bits per heavy atom. The monoisotopic (exact) mass is 429 g/mol. The standard InChI is InChI=1S/C8H15NO2.W.Y/c1-6(2)7(4-5-10)8(11)9-3;;/h5-7H,4H2,1-3H3,(H,9,11);;/p-1. The number of amides is 1. The van der Waals surface area contributed by atoms with E-state index in [4.69, 9.17) is 0 Å². The maximum absolute atomic E-state index is 11.0. The second kappa shape index (κ2) is 11.0. The van der Waals surface area contributed by atoms with Crippen LogP contribution >= 0.6 is 0 Å². The Kier molecular flexibility index (Phi) is 16.5. The second-order valence-corrected chi connectivity index (χ2v) is 2.81. The molecule has 73 valence electrons. The summed E-state index contributed by atoms with van der Waals surface area (Å²) >= 11 is 0. The molecule has 1 unspecified atom stereocenters. The van der Waals surface area contributed by atoms with E-state index in [1.165, 1.54) is 7.05 Å². The Hall–Kier alpha value is 0.932. The number of nitrogens with zero attached hydrogens (tertiary/aromatic N) is 1. The van der Waals surface area contributed by atoms with Crippen molar-refractivity contribution in [2.24, 2.45) is 11.8 Å². The van der Waals surface area contributed by atoms with Gasteiger partial charge in [0.05, 0.1) is 5.91 Å². The molecule has 0 fully saturated rings. The van der Waals surface area contributed by atoms with Gasteiger partial charge in [0, 0.05) is 66.1 Å². The molecule has 0 aromatic rings. The van der Waals surface area contributed by atoms with Crippen LogP contribution in [0.3, 0.4) is 0 Å². The number of carbonyl (C=O) groups is 2. The average Bonchev–Trinajstić information content (AvgIpc) is 1.98. The van der Waals surface area contributed by atoms with Crippen LogP contribution in [0.15, 0.2) is 0 Å². The van der Waals surface area contributed by atoms with Crippen LogP contribution in [0.4, 0.5) is 0 Å². The fourth-order valence-electron chi connectivity index (χ4n) is 0.928. The van der Waals surface area contributed by atoms with Crippen molar-refractivity contribution in [3.63, 3.8) is 0 Å². The minimum atomic E-state index is -0.225. The Morgan fingerprint density at radius 1 is 1.46 bits per heavy atom. The molecule has 0 aliphatic rings. The summed E-state index contributed by atoms with van der Waals surface area (Å²) in [6.45, 7) is 3.83. The van der Waals surface area contributed by atoms with Gasteiger partial charge < -0.3 is 14.9 Å². The van der Waals surface area contributed by atoms with Crippen LogP contribution < -0.4 is 0 Å². The molecule has 1 radical (unpaired) electrons. The van der Waals surface area contributed by atoms with Gasteiger partial charge in [-0.15, -0.1) is 7.05 Å². The topological polar surface area (TPSA) is 48.2 Å². The number of carbonyl (C=O) groups excluding carboxylic acids is 2. The first-order chi connectivity index (χ1) is 5.13. The fourth-order valence-corrected chi connectivity index (χ4v) is 0.928. The van der Waals surface area contributed by atoms with Crippen molar-refractivity contribution >= 4 is 12.2 Å². The van der Waals surface area contributed by atoms with Crippen LogP contribution in [0.25, 0.3) is 5.32 Å². The van der Waals surface area contributed by atoms with E-state index in [0.29, 0.717) is 0 Å². The molecule has 0 aliphatic carbocycles. The molecule has 1 atom stereocenters. The maximum Gasteiger partial charge on any atom is 0.120 e. The molecule has 5 heteroatoms. The van der Waals surface area contributed by atoms with Crippen molar-refractivity contribution in [2.45, 2.75) is 20.3 Å². The molecule has 3 nitrogen and oxygen atoms in total. The molecule has 1 amide bonds. The molecule has 0 aliphatic heterocycles. The van der Waals surface area contributed by atoms with E-state index in [1.807, 2.05) is 13.8 Å². The Balaban J connectivity index is -0.000000500. The van der Waals surface area contributed by atoms with Gasteiger partial charge in [0.2, 0.25) is 0 Å². The number of aldehydes is 1. The number of hydrogen-bond donors (Lipinski definition) is 0. The first-order valence-electron chi connectivity index (χ1n) is 3.70. The molecule has 0 saturated carbocycles. The third kappa shape index (κ3) is 7.96. The van der Waals surface area contributed by atoms with E-state index in [9.17, 15) is 9.59 Å². The van der Waals surface area contributed by atoms with Crippen LogP contribution in [-0.4, -0.2) is 19.2 Å². The van der Waals surface area contributed by atoms with Crippen LogP contribution in [0, 0.1) is 11.8 Å². The molecular formula is C8H14NO2WY-. The molecule has 0 spiro atoms. The normalized spacial score (nSPS) is 10.8. The van der Waals surface area contributed by atoms with Gasteiger partial charge in [-0.25, -0.2) is 0 Å². The first-order valence-corrected chi connectivity index (χ1v) is 3.70. The fraction of sp³-hybridized carbons (Fsp3) is 0.750. The van der Waals surface area contributed by atoms with Crippen molar-refractivity contribution in [1.29, 1.82) is 0 Å². The van der Waals surface area contributed by atoms with Crippen molar-refractivity contribution in [3.8, 4) is 0 Å². The second-order valence-electron chi connectivity index (χ2n) is 2.81. The van der Waals surface area contributed by atoms with E-state index >= 15 is 0 Å². The Morgan fingerprint density at radius 2 is 1.92 bits per heavy atom. The van der Waals surface area contributed by atoms with Crippen LogP contribution in [0.1, 0.15) is 20.3 Å². The van der Waals surface area contributed by atoms with Gasteiger partial charge in [-0.3, -0.25) is 0 Å². The summed E-state index contributed by atoms with van der Waals surface area (Å²) in [5, 5.41) is 3.53. The van der Waals surface area contributed by atoms with E-state index in [2.05, 4.69) is 5.32 Å². The summed E-state index contributed by atoms with van der Waals surface area (Å²) in [4.78, 5) is 21.2. The third-order valence-corrected chi connectivity index (χ3v) is 1.69. The van der Waals surface area contributed by atoms with Crippen molar-refractivity contribution in [1.82, 2.24) is 0 Å². The van der Waals surface area contributed by atoms with Gasteiger partial charge in [-0.1, -0.05) is 13.8 Å². The molecule has 0 heterocycles. The molecule has 0 aromatic heterocycles. The molecular weight excluding hydrogens is 415 g/mol. The Bertz CT molecular complexity index is 153. The predicted octanol–water partition coefficient (Wildman–Crippen LogP) is 1.37. The molecule has 0 rings (SSSR count). The summed E-state index contributed by atoms with van der Waals surface area (Å²) in [6, 6.07) is 0. The molecule has 0 saturated heterocycles. The van der Waals surface area contributed by atoms with Crippen LogP contribution in [0.2, 0.25) is 0 Å². The van der Waals surface area contributed by atoms with Gasteiger partial charge in [0.25, 0.3) is 0 Å². The zero-order chi connectivity index (χ0) is 8.85. The minimum absolute atomic E-state index is 0.